The van der Waals surface area contributed by atoms with Gasteiger partial charge in [-0.25, -0.2) is 0 Å². The molecule has 0 saturated heterocycles. The zero-order chi connectivity index (χ0) is 12.7. The molecule has 0 fully saturated rings. The Kier molecular flexibility index (Phi) is 5.62. The van der Waals surface area contributed by atoms with Gasteiger partial charge in [0.2, 0.25) is 0 Å². The largest absolute Gasteiger partial charge is 0.394 e. The Morgan fingerprint density at radius 3 is 2.24 bits per heavy atom. The SMILES string of the molecule is CCC(CO)(CO)NC(C)Cc1ccccc1. The molecule has 0 bridgehead atoms. The van der Waals surface area contributed by atoms with Crippen LogP contribution in [0.1, 0.15) is 25.8 Å². The molecule has 3 nitrogen and oxygen atoms in total. The van der Waals surface area contributed by atoms with Gasteiger partial charge in [-0.3, -0.25) is 0 Å². The molecule has 96 valence electrons. The molecule has 0 aliphatic heterocycles. The smallest absolute Gasteiger partial charge is 0.0647 e. The summed E-state index contributed by atoms with van der Waals surface area (Å²) in [4.78, 5) is 0. The van der Waals surface area contributed by atoms with Crippen molar-refractivity contribution >= 4 is 0 Å². The Bertz CT molecular complexity index is 301. The van der Waals surface area contributed by atoms with Crippen LogP contribution in [0, 0.1) is 0 Å². The lowest BCUT2D eigenvalue weighted by atomic mass is 9.95. The summed E-state index contributed by atoms with van der Waals surface area (Å²) < 4.78 is 0. The van der Waals surface area contributed by atoms with E-state index in [9.17, 15) is 10.2 Å². The minimum absolute atomic E-state index is 0.0425. The van der Waals surface area contributed by atoms with E-state index >= 15 is 0 Å². The van der Waals surface area contributed by atoms with Crippen LogP contribution in [0.2, 0.25) is 0 Å². The first-order valence-electron chi connectivity index (χ1n) is 6.19. The molecular formula is C14H23NO2. The highest BCUT2D eigenvalue weighted by Crippen LogP contribution is 2.12. The maximum absolute atomic E-state index is 9.37. The van der Waals surface area contributed by atoms with Crippen molar-refractivity contribution in [1.82, 2.24) is 5.32 Å². The maximum Gasteiger partial charge on any atom is 0.0647 e. The van der Waals surface area contributed by atoms with Crippen molar-refractivity contribution in [2.75, 3.05) is 13.2 Å². The third kappa shape index (κ3) is 4.11. The van der Waals surface area contributed by atoms with Crippen molar-refractivity contribution in [3.05, 3.63) is 35.9 Å². The molecule has 3 heteroatoms. The Morgan fingerprint density at radius 1 is 1.18 bits per heavy atom. The molecule has 3 N–H and O–H groups in total. The predicted molar refractivity (Wildman–Crippen MR) is 69.9 cm³/mol. The number of benzene rings is 1. The van der Waals surface area contributed by atoms with Crippen LogP contribution in [0.15, 0.2) is 30.3 Å². The molecule has 0 aliphatic rings. The van der Waals surface area contributed by atoms with Crippen LogP contribution in [0.3, 0.4) is 0 Å². The van der Waals surface area contributed by atoms with Gasteiger partial charge in [-0.15, -0.1) is 0 Å². The fraction of sp³-hybridized carbons (Fsp3) is 0.571. The number of aliphatic hydroxyl groups excluding tert-OH is 2. The summed E-state index contributed by atoms with van der Waals surface area (Å²) in [5, 5.41) is 22.1. The van der Waals surface area contributed by atoms with Crippen molar-refractivity contribution in [3.8, 4) is 0 Å². The van der Waals surface area contributed by atoms with E-state index in [2.05, 4.69) is 24.4 Å². The van der Waals surface area contributed by atoms with E-state index in [1.54, 1.807) is 0 Å². The molecule has 1 aromatic carbocycles. The molecule has 1 unspecified atom stereocenters. The first kappa shape index (κ1) is 14.2. The summed E-state index contributed by atoms with van der Waals surface area (Å²) in [7, 11) is 0. The average Bonchev–Trinajstić information content (AvgIpc) is 2.37. The Balaban J connectivity index is 2.56. The summed E-state index contributed by atoms with van der Waals surface area (Å²) in [6.45, 7) is 3.95. The number of nitrogens with one attached hydrogen (secondary N) is 1. The minimum atomic E-state index is -0.561. The van der Waals surface area contributed by atoms with Gasteiger partial charge in [-0.05, 0) is 25.3 Å². The summed E-state index contributed by atoms with van der Waals surface area (Å²) in [5.41, 5.74) is 0.696. The lowest BCUT2D eigenvalue weighted by Crippen LogP contribution is -2.55. The standard InChI is InChI=1S/C14H23NO2/c1-3-14(10-16,11-17)15-12(2)9-13-7-5-4-6-8-13/h4-8,12,15-17H,3,9-11H2,1-2H3. The van der Waals surface area contributed by atoms with Crippen molar-refractivity contribution in [1.29, 1.82) is 0 Å². The quantitative estimate of drug-likeness (QED) is 0.671. The fourth-order valence-corrected chi connectivity index (χ4v) is 2.01. The molecule has 17 heavy (non-hydrogen) atoms. The van der Waals surface area contributed by atoms with Gasteiger partial charge in [0, 0.05) is 6.04 Å². The number of aliphatic hydroxyl groups is 2. The Hall–Kier alpha value is -0.900. The second-order valence-electron chi connectivity index (χ2n) is 4.69. The zero-order valence-corrected chi connectivity index (χ0v) is 10.7. The van der Waals surface area contributed by atoms with Crippen molar-refractivity contribution < 1.29 is 10.2 Å². The number of hydrogen-bond donors (Lipinski definition) is 3. The first-order valence-corrected chi connectivity index (χ1v) is 6.19. The first-order chi connectivity index (χ1) is 8.15. The molecule has 1 rings (SSSR count). The highest BCUT2D eigenvalue weighted by Gasteiger charge is 2.27. The molecule has 0 radical (unpaired) electrons. The van der Waals surface area contributed by atoms with Gasteiger partial charge in [0.15, 0.2) is 0 Å². The highest BCUT2D eigenvalue weighted by atomic mass is 16.3. The van der Waals surface area contributed by atoms with Crippen molar-refractivity contribution in [3.63, 3.8) is 0 Å². The van der Waals surface area contributed by atoms with Crippen LogP contribution < -0.4 is 5.32 Å². The molecule has 0 aliphatic carbocycles. The van der Waals surface area contributed by atoms with Crippen LogP contribution in [0.25, 0.3) is 0 Å². The average molecular weight is 237 g/mol. The summed E-state index contributed by atoms with van der Waals surface area (Å²) in [6, 6.07) is 10.4. The summed E-state index contributed by atoms with van der Waals surface area (Å²) in [6.07, 6.45) is 1.60. The van der Waals surface area contributed by atoms with E-state index in [1.165, 1.54) is 5.56 Å². The lowest BCUT2D eigenvalue weighted by Gasteiger charge is -2.33. The molecule has 0 heterocycles. The number of hydrogen-bond acceptors (Lipinski definition) is 3. The second kappa shape index (κ2) is 6.74. The number of rotatable bonds is 7. The van der Waals surface area contributed by atoms with Crippen LogP contribution >= 0.6 is 0 Å². The lowest BCUT2D eigenvalue weighted by molar-refractivity contribution is 0.0793. The van der Waals surface area contributed by atoms with Crippen LogP contribution in [0.4, 0.5) is 0 Å². The van der Waals surface area contributed by atoms with Gasteiger partial charge < -0.3 is 15.5 Å². The van der Waals surface area contributed by atoms with Gasteiger partial charge in [0.25, 0.3) is 0 Å². The van der Waals surface area contributed by atoms with Crippen molar-refractivity contribution in [2.24, 2.45) is 0 Å². The van der Waals surface area contributed by atoms with Gasteiger partial charge in [-0.1, -0.05) is 37.3 Å². The van der Waals surface area contributed by atoms with E-state index in [0.29, 0.717) is 6.42 Å². The third-order valence-electron chi connectivity index (χ3n) is 3.22. The molecule has 0 amide bonds. The minimum Gasteiger partial charge on any atom is -0.394 e. The Morgan fingerprint density at radius 2 is 1.76 bits per heavy atom. The molecule has 1 atom stereocenters. The van der Waals surface area contributed by atoms with E-state index in [1.807, 2.05) is 25.1 Å². The normalized spacial score (nSPS) is 13.6. The van der Waals surface area contributed by atoms with E-state index in [0.717, 1.165) is 6.42 Å². The molecule has 0 aromatic heterocycles. The second-order valence-corrected chi connectivity index (χ2v) is 4.69. The molecule has 0 saturated carbocycles. The maximum atomic E-state index is 9.37. The predicted octanol–water partition coefficient (Wildman–Crippen LogP) is 1.34. The topological polar surface area (TPSA) is 52.5 Å². The summed E-state index contributed by atoms with van der Waals surface area (Å²) >= 11 is 0. The fourth-order valence-electron chi connectivity index (χ4n) is 2.01. The van der Waals surface area contributed by atoms with E-state index in [-0.39, 0.29) is 19.3 Å². The molecule has 0 spiro atoms. The molecular weight excluding hydrogens is 214 g/mol. The highest BCUT2D eigenvalue weighted by molar-refractivity contribution is 5.15. The van der Waals surface area contributed by atoms with Gasteiger partial charge in [-0.2, -0.15) is 0 Å². The van der Waals surface area contributed by atoms with Crippen LogP contribution in [-0.2, 0) is 6.42 Å². The monoisotopic (exact) mass is 237 g/mol. The van der Waals surface area contributed by atoms with Gasteiger partial charge in [0.1, 0.15) is 0 Å². The molecule has 1 aromatic rings. The van der Waals surface area contributed by atoms with E-state index in [4.69, 9.17) is 0 Å². The van der Waals surface area contributed by atoms with E-state index < -0.39 is 5.54 Å². The summed E-state index contributed by atoms with van der Waals surface area (Å²) in [5.74, 6) is 0. The van der Waals surface area contributed by atoms with Gasteiger partial charge in [0.05, 0.1) is 18.8 Å². The van der Waals surface area contributed by atoms with Gasteiger partial charge >= 0.3 is 0 Å². The Labute approximate surface area is 103 Å². The van der Waals surface area contributed by atoms with Crippen LogP contribution in [0.5, 0.6) is 0 Å². The van der Waals surface area contributed by atoms with Crippen molar-refractivity contribution in [2.45, 2.75) is 38.3 Å². The van der Waals surface area contributed by atoms with Crippen LogP contribution in [-0.4, -0.2) is 35.0 Å². The zero-order valence-electron chi connectivity index (χ0n) is 10.7. The third-order valence-corrected chi connectivity index (χ3v) is 3.22.